The van der Waals surface area contributed by atoms with E-state index in [4.69, 9.17) is 0 Å². The molecule has 1 aliphatic heterocycles. The van der Waals surface area contributed by atoms with E-state index >= 15 is 0 Å². The minimum atomic E-state index is -0.847. The molecule has 0 radical (unpaired) electrons. The number of unbranched alkanes of at least 4 members (excludes halogenated alkanes) is 1. The van der Waals surface area contributed by atoms with Crippen LogP contribution in [-0.4, -0.2) is 52.1 Å². The van der Waals surface area contributed by atoms with E-state index in [2.05, 4.69) is 10.3 Å². The molecule has 0 spiro atoms. The molecule has 2 aromatic rings. The molecule has 3 amide bonds. The number of amides is 3. The Morgan fingerprint density at radius 2 is 1.97 bits per heavy atom. The number of rotatable bonds is 8. The smallest absolute Gasteiger partial charge is 0.313 e. The average Bonchev–Trinajstić information content (AvgIpc) is 3.15. The zero-order valence-electron chi connectivity index (χ0n) is 16.8. The van der Waals surface area contributed by atoms with Gasteiger partial charge in [-0.3, -0.25) is 14.4 Å². The number of carbonyl (C=O) groups is 3. The number of nitrogens with one attached hydrogen (secondary N) is 1. The number of hydrogen-bond donors (Lipinski definition) is 1. The van der Waals surface area contributed by atoms with Crippen molar-refractivity contribution in [3.05, 3.63) is 52.0 Å². The van der Waals surface area contributed by atoms with E-state index in [0.717, 1.165) is 23.5 Å². The van der Waals surface area contributed by atoms with E-state index in [9.17, 15) is 14.4 Å². The van der Waals surface area contributed by atoms with Crippen LogP contribution < -0.4 is 5.32 Å². The van der Waals surface area contributed by atoms with Crippen LogP contribution in [-0.2, 0) is 20.9 Å². The second-order valence-electron chi connectivity index (χ2n) is 7.03. The van der Waals surface area contributed by atoms with Crippen molar-refractivity contribution < 1.29 is 14.4 Å². The topological polar surface area (TPSA) is 82.6 Å². The van der Waals surface area contributed by atoms with Gasteiger partial charge in [-0.05, 0) is 18.9 Å². The molecule has 154 valence electrons. The lowest BCUT2D eigenvalue weighted by atomic mass is 10.0. The molecule has 0 unspecified atom stereocenters. The minimum absolute atomic E-state index is 0.283. The highest BCUT2D eigenvalue weighted by Gasteiger charge is 2.39. The number of aryl methyl sites for hydroxylation is 1. The maximum absolute atomic E-state index is 13.1. The van der Waals surface area contributed by atoms with Crippen molar-refractivity contribution >= 4 is 29.1 Å². The second kappa shape index (κ2) is 9.65. The summed E-state index contributed by atoms with van der Waals surface area (Å²) in [6.45, 7) is 5.57. The van der Waals surface area contributed by atoms with Crippen LogP contribution in [0.3, 0.4) is 0 Å². The van der Waals surface area contributed by atoms with Gasteiger partial charge in [-0.25, -0.2) is 4.98 Å². The Morgan fingerprint density at radius 3 is 2.62 bits per heavy atom. The lowest BCUT2D eigenvalue weighted by molar-refractivity contribution is -0.159. The van der Waals surface area contributed by atoms with Crippen molar-refractivity contribution in [2.75, 3.05) is 19.6 Å². The molecule has 1 aliphatic rings. The summed E-state index contributed by atoms with van der Waals surface area (Å²) in [6.07, 6.45) is 1.81. The molecule has 8 heteroatoms. The van der Waals surface area contributed by atoms with Gasteiger partial charge >= 0.3 is 11.8 Å². The van der Waals surface area contributed by atoms with Gasteiger partial charge in [0.2, 0.25) is 5.91 Å². The predicted molar refractivity (Wildman–Crippen MR) is 111 cm³/mol. The Hall–Kier alpha value is -2.74. The number of benzene rings is 1. The third-order valence-corrected chi connectivity index (χ3v) is 5.73. The molecular weight excluding hydrogens is 388 g/mol. The first-order valence-electron chi connectivity index (χ1n) is 9.84. The number of carbonyl (C=O) groups excluding carboxylic acids is 3. The first-order chi connectivity index (χ1) is 14.0. The summed E-state index contributed by atoms with van der Waals surface area (Å²) in [5.41, 5.74) is 1.46. The maximum Gasteiger partial charge on any atom is 0.313 e. The molecule has 0 saturated carbocycles. The zero-order chi connectivity index (χ0) is 20.8. The van der Waals surface area contributed by atoms with E-state index in [1.165, 1.54) is 16.2 Å². The Labute approximate surface area is 174 Å². The summed E-state index contributed by atoms with van der Waals surface area (Å²) < 4.78 is 0. The van der Waals surface area contributed by atoms with Crippen LogP contribution in [0, 0.1) is 6.92 Å². The van der Waals surface area contributed by atoms with E-state index in [0.29, 0.717) is 25.2 Å². The minimum Gasteiger partial charge on any atom is -0.348 e. The first-order valence-corrected chi connectivity index (χ1v) is 10.7. The van der Waals surface area contributed by atoms with Gasteiger partial charge in [0.15, 0.2) is 0 Å². The third kappa shape index (κ3) is 5.00. The SMILES string of the molecule is CCCCN1CCN([C@H](C(=O)NCc2csc(C)n2)c2ccccc2)C(=O)C1=O. The fraction of sp³-hybridized carbons (Fsp3) is 0.429. The standard InChI is InChI=1S/C21H26N4O3S/c1-3-4-10-24-11-12-25(21(28)20(24)27)18(16-8-6-5-7-9-16)19(26)22-13-17-14-29-15(2)23-17/h5-9,14,18H,3-4,10-13H2,1-2H3,(H,22,26)/t18-/m0/s1. The normalized spacial score (nSPS) is 15.5. The highest BCUT2D eigenvalue weighted by molar-refractivity contribution is 7.09. The lowest BCUT2D eigenvalue weighted by Crippen LogP contribution is -2.57. The predicted octanol–water partition coefficient (Wildman–Crippen LogP) is 2.28. The van der Waals surface area contributed by atoms with Crippen molar-refractivity contribution in [1.29, 1.82) is 0 Å². The fourth-order valence-corrected chi connectivity index (χ4v) is 3.98. The highest BCUT2D eigenvalue weighted by atomic mass is 32.1. The zero-order valence-corrected chi connectivity index (χ0v) is 17.6. The van der Waals surface area contributed by atoms with Crippen molar-refractivity contribution in [2.24, 2.45) is 0 Å². The summed E-state index contributed by atoms with van der Waals surface area (Å²) in [5, 5.41) is 5.70. The molecular formula is C21H26N4O3S. The van der Waals surface area contributed by atoms with Crippen molar-refractivity contribution in [1.82, 2.24) is 20.1 Å². The van der Waals surface area contributed by atoms with E-state index < -0.39 is 17.9 Å². The third-order valence-electron chi connectivity index (χ3n) is 4.91. The van der Waals surface area contributed by atoms with Crippen LogP contribution >= 0.6 is 11.3 Å². The molecule has 1 aromatic carbocycles. The number of nitrogens with zero attached hydrogens (tertiary/aromatic N) is 3. The van der Waals surface area contributed by atoms with Gasteiger partial charge in [0.25, 0.3) is 0 Å². The van der Waals surface area contributed by atoms with Crippen LogP contribution in [0.5, 0.6) is 0 Å². The number of piperazine rings is 1. The second-order valence-corrected chi connectivity index (χ2v) is 8.10. The summed E-state index contributed by atoms with van der Waals surface area (Å²) in [7, 11) is 0. The van der Waals surface area contributed by atoms with E-state index in [1.54, 1.807) is 17.0 Å². The lowest BCUT2D eigenvalue weighted by Gasteiger charge is -2.38. The number of hydrogen-bond acceptors (Lipinski definition) is 5. The molecule has 1 aromatic heterocycles. The van der Waals surface area contributed by atoms with Crippen LogP contribution in [0.25, 0.3) is 0 Å². The Kier molecular flexibility index (Phi) is 6.98. The van der Waals surface area contributed by atoms with Crippen LogP contribution in [0.1, 0.15) is 42.1 Å². The van der Waals surface area contributed by atoms with Crippen LogP contribution in [0.2, 0.25) is 0 Å². The average molecular weight is 415 g/mol. The Bertz CT molecular complexity index is 868. The van der Waals surface area contributed by atoms with Crippen molar-refractivity contribution in [2.45, 2.75) is 39.3 Å². The molecule has 7 nitrogen and oxygen atoms in total. The van der Waals surface area contributed by atoms with Crippen LogP contribution in [0.4, 0.5) is 0 Å². The van der Waals surface area contributed by atoms with Crippen LogP contribution in [0.15, 0.2) is 35.7 Å². The van der Waals surface area contributed by atoms with Gasteiger partial charge in [-0.2, -0.15) is 0 Å². The molecule has 29 heavy (non-hydrogen) atoms. The summed E-state index contributed by atoms with van der Waals surface area (Å²) in [4.78, 5) is 45.8. The van der Waals surface area contributed by atoms with Gasteiger partial charge in [-0.15, -0.1) is 11.3 Å². The quantitative estimate of drug-likeness (QED) is 0.672. The molecule has 1 saturated heterocycles. The molecule has 1 fully saturated rings. The van der Waals surface area contributed by atoms with E-state index in [1.807, 2.05) is 37.4 Å². The Balaban J connectivity index is 1.78. The highest BCUT2D eigenvalue weighted by Crippen LogP contribution is 2.24. The van der Waals surface area contributed by atoms with Gasteiger partial charge < -0.3 is 15.1 Å². The molecule has 0 aliphatic carbocycles. The van der Waals surface area contributed by atoms with Gasteiger partial charge in [-0.1, -0.05) is 43.7 Å². The number of aromatic nitrogens is 1. The molecule has 1 atom stereocenters. The molecule has 1 N–H and O–H groups in total. The van der Waals surface area contributed by atoms with Gasteiger partial charge in [0, 0.05) is 25.0 Å². The summed E-state index contributed by atoms with van der Waals surface area (Å²) in [5.74, 6) is -1.47. The maximum atomic E-state index is 13.1. The van der Waals surface area contributed by atoms with Gasteiger partial charge in [0.05, 0.1) is 17.2 Å². The molecule has 3 rings (SSSR count). The van der Waals surface area contributed by atoms with Crippen molar-refractivity contribution in [3.63, 3.8) is 0 Å². The van der Waals surface area contributed by atoms with Crippen molar-refractivity contribution in [3.8, 4) is 0 Å². The number of thiazole rings is 1. The monoisotopic (exact) mass is 414 g/mol. The molecule has 2 heterocycles. The van der Waals surface area contributed by atoms with Gasteiger partial charge in [0.1, 0.15) is 6.04 Å². The summed E-state index contributed by atoms with van der Waals surface area (Å²) >= 11 is 1.52. The fourth-order valence-electron chi connectivity index (χ4n) is 3.37. The largest absolute Gasteiger partial charge is 0.348 e. The van der Waals surface area contributed by atoms with E-state index in [-0.39, 0.29) is 12.5 Å². The molecule has 0 bridgehead atoms. The Morgan fingerprint density at radius 1 is 1.21 bits per heavy atom. The first kappa shape index (κ1) is 21.0. The summed E-state index contributed by atoms with van der Waals surface area (Å²) in [6, 6.07) is 8.26.